The molecule has 8 nitrogen and oxygen atoms in total. The monoisotopic (exact) mass is 485 g/mol. The van der Waals surface area contributed by atoms with E-state index in [1.165, 1.54) is 17.5 Å². The van der Waals surface area contributed by atoms with Gasteiger partial charge in [0.2, 0.25) is 0 Å². The zero-order valence-electron chi connectivity index (χ0n) is 19.4. The molecule has 4 aliphatic rings. The third-order valence-electron chi connectivity index (χ3n) is 8.08. The molecule has 4 fully saturated rings. The first-order valence-electron chi connectivity index (χ1n) is 12.4. The minimum Gasteiger partial charge on any atom is -0.454 e. The second-order valence-electron chi connectivity index (χ2n) is 10.2. The Morgan fingerprint density at radius 3 is 2.65 bits per heavy atom. The van der Waals surface area contributed by atoms with Crippen LogP contribution in [-0.2, 0) is 19.9 Å². The number of thiophene rings is 1. The van der Waals surface area contributed by atoms with Crippen molar-refractivity contribution in [2.24, 2.45) is 11.8 Å². The van der Waals surface area contributed by atoms with Gasteiger partial charge in [0.05, 0.1) is 19.3 Å². The summed E-state index contributed by atoms with van der Waals surface area (Å²) >= 11 is 1.49. The van der Waals surface area contributed by atoms with E-state index in [0.29, 0.717) is 29.0 Å². The Morgan fingerprint density at radius 1 is 1.18 bits per heavy atom. The van der Waals surface area contributed by atoms with E-state index in [1.54, 1.807) is 12.4 Å². The Balaban J connectivity index is 1.29. The second-order valence-corrected chi connectivity index (χ2v) is 10.9. The molecule has 9 heteroatoms. The average Bonchev–Trinajstić information content (AvgIpc) is 3.40. The first kappa shape index (κ1) is 23.4. The normalized spacial score (nSPS) is 28.7. The van der Waals surface area contributed by atoms with Crippen LogP contribution in [0.1, 0.15) is 50.5 Å². The zero-order chi connectivity index (χ0) is 23.6. The number of aliphatic hydroxyl groups is 1. The Morgan fingerprint density at radius 2 is 1.97 bits per heavy atom. The van der Waals surface area contributed by atoms with Gasteiger partial charge in [-0.3, -0.25) is 9.78 Å². The van der Waals surface area contributed by atoms with E-state index < -0.39 is 11.6 Å². The number of rotatable bonds is 7. The van der Waals surface area contributed by atoms with Crippen molar-refractivity contribution >= 4 is 29.0 Å². The van der Waals surface area contributed by atoms with E-state index in [1.807, 2.05) is 16.8 Å². The number of carbonyl (C=O) groups is 2. The lowest BCUT2D eigenvalue weighted by Gasteiger charge is -2.52. The maximum absolute atomic E-state index is 13.6. The number of amides is 1. The highest BCUT2D eigenvalue weighted by atomic mass is 32.1. The molecule has 34 heavy (non-hydrogen) atoms. The molecule has 2 N–H and O–H groups in total. The summed E-state index contributed by atoms with van der Waals surface area (Å²) in [5.74, 6) is -0.0223. The molecule has 5 heterocycles. The quantitative estimate of drug-likeness (QED) is 0.462. The van der Waals surface area contributed by atoms with Crippen molar-refractivity contribution in [1.82, 2.24) is 9.97 Å². The average molecular weight is 486 g/mol. The topological polar surface area (TPSA) is 101 Å². The number of carbonyl (C=O) groups excluding carboxylic acids is 2. The van der Waals surface area contributed by atoms with Crippen molar-refractivity contribution < 1.29 is 23.9 Å². The van der Waals surface area contributed by atoms with Gasteiger partial charge < -0.3 is 19.6 Å². The molecule has 2 atom stereocenters. The molecule has 0 spiro atoms. The lowest BCUT2D eigenvalue weighted by Crippen LogP contribution is -2.66. The van der Waals surface area contributed by atoms with Gasteiger partial charge in [-0.25, -0.2) is 9.78 Å². The van der Waals surface area contributed by atoms with Crippen LogP contribution in [0.15, 0.2) is 35.4 Å². The summed E-state index contributed by atoms with van der Waals surface area (Å²) in [6.45, 7) is 2.71. The van der Waals surface area contributed by atoms with E-state index >= 15 is 0 Å². The van der Waals surface area contributed by atoms with E-state index in [-0.39, 0.29) is 23.8 Å². The van der Waals surface area contributed by atoms with E-state index in [9.17, 15) is 14.7 Å². The molecule has 2 aromatic rings. The van der Waals surface area contributed by atoms with Crippen LogP contribution in [0.5, 0.6) is 0 Å². The molecule has 3 saturated heterocycles. The molecular formula is C25H33N4O4S+. The largest absolute Gasteiger partial charge is 0.454 e. The summed E-state index contributed by atoms with van der Waals surface area (Å²) in [6, 6.07) is 1.85. The van der Waals surface area contributed by atoms with E-state index in [0.717, 1.165) is 58.0 Å². The van der Waals surface area contributed by atoms with Crippen molar-refractivity contribution in [1.29, 1.82) is 0 Å². The van der Waals surface area contributed by atoms with Gasteiger partial charge in [-0.1, -0.05) is 19.3 Å². The molecule has 3 aliphatic heterocycles. The molecule has 1 saturated carbocycles. The number of hydrogen-bond acceptors (Lipinski definition) is 7. The van der Waals surface area contributed by atoms with Gasteiger partial charge in [0.1, 0.15) is 6.54 Å². The molecule has 0 aromatic carbocycles. The zero-order valence-corrected chi connectivity index (χ0v) is 20.2. The summed E-state index contributed by atoms with van der Waals surface area (Å²) in [5, 5.41) is 18.4. The second kappa shape index (κ2) is 9.71. The lowest BCUT2D eigenvalue weighted by atomic mass is 9.74. The summed E-state index contributed by atoms with van der Waals surface area (Å²) in [7, 11) is 0. The molecule has 1 unspecified atom stereocenters. The number of ether oxygens (including phenoxy) is 1. The van der Waals surface area contributed by atoms with Gasteiger partial charge >= 0.3 is 5.97 Å². The number of quaternary nitrogens is 1. The van der Waals surface area contributed by atoms with Gasteiger partial charge in [-0.2, -0.15) is 11.3 Å². The van der Waals surface area contributed by atoms with Crippen molar-refractivity contribution in [3.8, 4) is 0 Å². The third kappa shape index (κ3) is 4.61. The number of anilines is 1. The highest BCUT2D eigenvalue weighted by Crippen LogP contribution is 2.43. The number of esters is 1. The van der Waals surface area contributed by atoms with Crippen molar-refractivity contribution in [2.75, 3.05) is 31.5 Å². The predicted molar refractivity (Wildman–Crippen MR) is 128 cm³/mol. The summed E-state index contributed by atoms with van der Waals surface area (Å²) in [4.78, 5) is 34.5. The van der Waals surface area contributed by atoms with Gasteiger partial charge in [-0.15, -0.1) is 0 Å². The van der Waals surface area contributed by atoms with Crippen LogP contribution in [-0.4, -0.2) is 63.7 Å². The Labute approximate surface area is 204 Å². The maximum Gasteiger partial charge on any atom is 0.343 e. The number of piperidine rings is 3. The SMILES string of the molecule is O=C(C[N+]12CCC(CC1)[C@@H](OC(=O)C(O)(c1ccsc1)C1CCCCC1)C2)Nc1cnccn1. The van der Waals surface area contributed by atoms with Gasteiger partial charge in [0.25, 0.3) is 5.91 Å². The number of fused-ring (bicyclic) bond motifs is 3. The van der Waals surface area contributed by atoms with E-state index in [2.05, 4.69) is 15.3 Å². The minimum absolute atomic E-state index is 0.108. The van der Waals surface area contributed by atoms with Crippen LogP contribution in [0.4, 0.5) is 5.82 Å². The Hall–Kier alpha value is -2.36. The van der Waals surface area contributed by atoms with Crippen LogP contribution >= 0.6 is 11.3 Å². The van der Waals surface area contributed by atoms with Crippen molar-refractivity contribution in [3.05, 3.63) is 41.0 Å². The minimum atomic E-state index is -1.60. The Bertz CT molecular complexity index is 988. The van der Waals surface area contributed by atoms with E-state index in [4.69, 9.17) is 4.74 Å². The number of hydrogen-bond donors (Lipinski definition) is 2. The van der Waals surface area contributed by atoms with Crippen LogP contribution < -0.4 is 5.32 Å². The standard InChI is InChI=1S/C25H32N4O4S/c30-23(28-22-14-26-9-10-27-22)16-29-11-6-18(7-12-29)21(15-29)33-24(31)25(32,20-8-13-34-17-20)19-4-2-1-3-5-19/h8-10,13-14,17-19,21,32H,1-7,11-12,15-16H2/p+1/t18?,21-,25?,29?/m0/s1. The number of nitrogens with one attached hydrogen (secondary N) is 1. The smallest absolute Gasteiger partial charge is 0.343 e. The maximum atomic E-state index is 13.6. The van der Waals surface area contributed by atoms with Crippen LogP contribution in [0, 0.1) is 11.8 Å². The fraction of sp³-hybridized carbons (Fsp3) is 0.600. The summed E-state index contributed by atoms with van der Waals surface area (Å²) < 4.78 is 6.74. The van der Waals surface area contributed by atoms with Gasteiger partial charge in [0, 0.05) is 42.6 Å². The number of aromatic nitrogens is 2. The van der Waals surface area contributed by atoms with Crippen molar-refractivity contribution in [2.45, 2.75) is 56.7 Å². The molecule has 182 valence electrons. The molecule has 1 aliphatic carbocycles. The molecule has 6 rings (SSSR count). The van der Waals surface area contributed by atoms with Crippen molar-refractivity contribution in [3.63, 3.8) is 0 Å². The van der Waals surface area contributed by atoms with Gasteiger partial charge in [-0.05, 0) is 29.7 Å². The van der Waals surface area contributed by atoms with Gasteiger partial charge in [0.15, 0.2) is 24.1 Å². The summed E-state index contributed by atoms with van der Waals surface area (Å²) in [6.07, 6.45) is 11.0. The van der Waals surface area contributed by atoms with Crippen LogP contribution in [0.2, 0.25) is 0 Å². The molecule has 2 bridgehead atoms. The molecular weight excluding hydrogens is 452 g/mol. The van der Waals surface area contributed by atoms with Crippen LogP contribution in [0.25, 0.3) is 0 Å². The fourth-order valence-electron chi connectivity index (χ4n) is 6.18. The molecule has 2 aromatic heterocycles. The first-order chi connectivity index (χ1) is 16.5. The molecule has 1 amide bonds. The number of nitrogens with zero attached hydrogens (tertiary/aromatic N) is 3. The highest BCUT2D eigenvalue weighted by Gasteiger charge is 2.52. The lowest BCUT2D eigenvalue weighted by molar-refractivity contribution is -0.939. The third-order valence-corrected chi connectivity index (χ3v) is 8.76. The van der Waals surface area contributed by atoms with Crippen LogP contribution in [0.3, 0.4) is 0 Å². The predicted octanol–water partition coefficient (Wildman–Crippen LogP) is 3.10. The summed E-state index contributed by atoms with van der Waals surface area (Å²) in [5.41, 5.74) is -0.941. The Kier molecular flexibility index (Phi) is 6.68. The first-order valence-corrected chi connectivity index (χ1v) is 13.3. The fourth-order valence-corrected chi connectivity index (χ4v) is 6.89. The highest BCUT2D eigenvalue weighted by molar-refractivity contribution is 7.08. The molecule has 0 radical (unpaired) electrons.